The molecule has 0 radical (unpaired) electrons. The molecule has 2 aromatic rings. The molecule has 0 saturated carbocycles. The van der Waals surface area contributed by atoms with Gasteiger partial charge in [0, 0.05) is 12.1 Å². The van der Waals surface area contributed by atoms with E-state index in [2.05, 4.69) is 72.6 Å². The highest BCUT2D eigenvalue weighted by atomic mass is 16.5. The zero-order valence-electron chi connectivity index (χ0n) is 17.0. The van der Waals surface area contributed by atoms with E-state index >= 15 is 0 Å². The van der Waals surface area contributed by atoms with Gasteiger partial charge in [-0.2, -0.15) is 0 Å². The van der Waals surface area contributed by atoms with Crippen LogP contribution in [0.5, 0.6) is 0 Å². The van der Waals surface area contributed by atoms with Gasteiger partial charge in [-0.05, 0) is 61.6 Å². The maximum absolute atomic E-state index is 12.2. The lowest BCUT2D eigenvalue weighted by molar-refractivity contribution is -0.143. The number of carbonyl (C=O) groups is 1. The van der Waals surface area contributed by atoms with Gasteiger partial charge in [0.05, 0.1) is 13.5 Å². The number of benzene rings is 2. The molecule has 5 atom stereocenters. The second kappa shape index (κ2) is 8.48. The topological polar surface area (TPSA) is 29.5 Å². The van der Waals surface area contributed by atoms with E-state index in [1.807, 2.05) is 0 Å². The standard InChI is InChI=1S/C25H31NO2/c1-26-23-15-20(13-18-9-5-3-6-10-18)22(17-25(27)28-2)24(26)16-21(23)14-19-11-7-4-8-12-19/h3-12,20-24H,13-17H2,1-2H3/t20-,21+,22-,23+,24+/m0/s1. The summed E-state index contributed by atoms with van der Waals surface area (Å²) in [4.78, 5) is 14.8. The van der Waals surface area contributed by atoms with Crippen LogP contribution in [0, 0.1) is 17.8 Å². The molecular weight excluding hydrogens is 346 g/mol. The number of esters is 1. The van der Waals surface area contributed by atoms with Crippen molar-refractivity contribution in [2.45, 2.75) is 44.2 Å². The normalized spacial score (nSPS) is 29.6. The van der Waals surface area contributed by atoms with Gasteiger partial charge >= 0.3 is 5.97 Å². The van der Waals surface area contributed by atoms with Crippen LogP contribution in [0.25, 0.3) is 0 Å². The number of rotatable bonds is 6. The average molecular weight is 378 g/mol. The van der Waals surface area contributed by atoms with Crippen LogP contribution in [-0.2, 0) is 22.4 Å². The van der Waals surface area contributed by atoms with Crippen molar-refractivity contribution in [2.24, 2.45) is 17.8 Å². The molecule has 2 aliphatic heterocycles. The van der Waals surface area contributed by atoms with Gasteiger partial charge in [-0.1, -0.05) is 60.7 Å². The third kappa shape index (κ3) is 4.00. The minimum Gasteiger partial charge on any atom is -0.469 e. The molecule has 4 rings (SSSR count). The van der Waals surface area contributed by atoms with Crippen molar-refractivity contribution in [2.75, 3.05) is 14.2 Å². The molecule has 28 heavy (non-hydrogen) atoms. The number of hydrogen-bond acceptors (Lipinski definition) is 3. The van der Waals surface area contributed by atoms with Crippen molar-refractivity contribution in [3.8, 4) is 0 Å². The van der Waals surface area contributed by atoms with Crippen molar-refractivity contribution in [3.63, 3.8) is 0 Å². The van der Waals surface area contributed by atoms with Gasteiger partial charge in [0.15, 0.2) is 0 Å². The number of ether oxygens (including phenoxy) is 1. The largest absolute Gasteiger partial charge is 0.469 e. The Labute approximate surface area is 168 Å². The van der Waals surface area contributed by atoms with Crippen molar-refractivity contribution in [3.05, 3.63) is 71.8 Å². The van der Waals surface area contributed by atoms with E-state index in [-0.39, 0.29) is 5.97 Å². The molecule has 0 spiro atoms. The number of carbonyl (C=O) groups excluding carboxylic acids is 1. The van der Waals surface area contributed by atoms with Crippen molar-refractivity contribution in [1.29, 1.82) is 0 Å². The van der Waals surface area contributed by atoms with Crippen molar-refractivity contribution < 1.29 is 9.53 Å². The molecule has 3 nitrogen and oxygen atoms in total. The number of piperidine rings is 1. The highest BCUT2D eigenvalue weighted by Crippen LogP contribution is 2.47. The monoisotopic (exact) mass is 377 g/mol. The number of hydrogen-bond donors (Lipinski definition) is 0. The Kier molecular flexibility index (Phi) is 5.82. The lowest BCUT2D eigenvalue weighted by Gasteiger charge is -2.43. The molecule has 0 amide bonds. The molecule has 2 aliphatic rings. The molecule has 2 fully saturated rings. The Morgan fingerprint density at radius 3 is 2.00 bits per heavy atom. The lowest BCUT2D eigenvalue weighted by Crippen LogP contribution is -2.48. The fraction of sp³-hybridized carbons (Fsp3) is 0.480. The first-order chi connectivity index (χ1) is 13.7. The van der Waals surface area contributed by atoms with Gasteiger partial charge in [-0.25, -0.2) is 0 Å². The minimum absolute atomic E-state index is 0.0681. The number of nitrogens with zero attached hydrogens (tertiary/aromatic N) is 1. The maximum atomic E-state index is 12.2. The zero-order chi connectivity index (χ0) is 19.5. The Balaban J connectivity index is 1.55. The van der Waals surface area contributed by atoms with E-state index in [0.29, 0.717) is 36.3 Å². The summed E-state index contributed by atoms with van der Waals surface area (Å²) in [5.41, 5.74) is 2.81. The molecule has 0 aliphatic carbocycles. The second-order valence-corrected chi connectivity index (χ2v) is 8.62. The average Bonchev–Trinajstić information content (AvgIpc) is 2.93. The minimum atomic E-state index is -0.0681. The Hall–Kier alpha value is -2.13. The van der Waals surface area contributed by atoms with Crippen LogP contribution in [0.15, 0.2) is 60.7 Å². The maximum Gasteiger partial charge on any atom is 0.305 e. The first-order valence-electron chi connectivity index (χ1n) is 10.5. The Morgan fingerprint density at radius 1 is 0.893 bits per heavy atom. The highest BCUT2D eigenvalue weighted by Gasteiger charge is 2.50. The van der Waals surface area contributed by atoms with E-state index in [4.69, 9.17) is 4.74 Å². The molecule has 2 aromatic carbocycles. The first kappa shape index (κ1) is 19.2. The summed E-state index contributed by atoms with van der Waals surface area (Å²) in [6.45, 7) is 0. The van der Waals surface area contributed by atoms with E-state index < -0.39 is 0 Å². The van der Waals surface area contributed by atoms with Crippen LogP contribution in [0.2, 0.25) is 0 Å². The van der Waals surface area contributed by atoms with E-state index in [9.17, 15) is 4.79 Å². The smallest absolute Gasteiger partial charge is 0.305 e. The molecule has 0 N–H and O–H groups in total. The molecular formula is C25H31NO2. The van der Waals surface area contributed by atoms with E-state index in [1.54, 1.807) is 0 Å². The summed E-state index contributed by atoms with van der Waals surface area (Å²) in [5, 5.41) is 0. The van der Waals surface area contributed by atoms with Crippen LogP contribution >= 0.6 is 0 Å². The van der Waals surface area contributed by atoms with Gasteiger partial charge in [-0.15, -0.1) is 0 Å². The fourth-order valence-electron chi connectivity index (χ4n) is 5.71. The Morgan fingerprint density at radius 2 is 1.43 bits per heavy atom. The second-order valence-electron chi connectivity index (χ2n) is 8.62. The van der Waals surface area contributed by atoms with Gasteiger partial charge in [0.1, 0.15) is 0 Å². The van der Waals surface area contributed by atoms with E-state index in [1.165, 1.54) is 31.1 Å². The summed E-state index contributed by atoms with van der Waals surface area (Å²) < 4.78 is 5.06. The number of methoxy groups -OCH3 is 1. The van der Waals surface area contributed by atoms with Crippen molar-refractivity contribution in [1.82, 2.24) is 4.90 Å². The highest BCUT2D eigenvalue weighted by molar-refractivity contribution is 5.69. The SMILES string of the molecule is COC(=O)C[C@H]1[C@@H](Cc2ccccc2)C[C@@H]2[C@H](Cc3ccccc3)C[C@H]1N2C. The third-order valence-electron chi connectivity index (χ3n) is 7.09. The van der Waals surface area contributed by atoms with E-state index in [0.717, 1.165) is 12.8 Å². The zero-order valence-corrected chi connectivity index (χ0v) is 17.0. The molecule has 148 valence electrons. The summed E-state index contributed by atoms with van der Waals surface area (Å²) in [6.07, 6.45) is 5.08. The molecule has 2 heterocycles. The number of fused-ring (bicyclic) bond motifs is 2. The first-order valence-corrected chi connectivity index (χ1v) is 10.5. The van der Waals surface area contributed by atoms with Crippen molar-refractivity contribution >= 4 is 5.97 Å². The summed E-state index contributed by atoms with van der Waals surface area (Å²) in [6, 6.07) is 22.7. The van der Waals surface area contributed by atoms with Crippen LogP contribution in [0.1, 0.15) is 30.4 Å². The predicted molar refractivity (Wildman–Crippen MR) is 112 cm³/mol. The lowest BCUT2D eigenvalue weighted by atomic mass is 9.75. The third-order valence-corrected chi connectivity index (χ3v) is 7.09. The van der Waals surface area contributed by atoms with Gasteiger partial charge < -0.3 is 4.74 Å². The fourth-order valence-corrected chi connectivity index (χ4v) is 5.71. The quantitative estimate of drug-likeness (QED) is 0.701. The molecule has 2 saturated heterocycles. The van der Waals surface area contributed by atoms with Crippen LogP contribution in [-0.4, -0.2) is 37.1 Å². The summed E-state index contributed by atoms with van der Waals surface area (Å²) in [5.74, 6) is 1.50. The van der Waals surface area contributed by atoms with Crippen LogP contribution in [0.3, 0.4) is 0 Å². The van der Waals surface area contributed by atoms with Gasteiger partial charge in [0.25, 0.3) is 0 Å². The summed E-state index contributed by atoms with van der Waals surface area (Å²) in [7, 11) is 3.78. The van der Waals surface area contributed by atoms with Gasteiger partial charge in [0.2, 0.25) is 0 Å². The molecule has 3 heteroatoms. The predicted octanol–water partition coefficient (Wildman–Crippen LogP) is 4.36. The van der Waals surface area contributed by atoms with Crippen LogP contribution < -0.4 is 0 Å². The molecule has 0 unspecified atom stereocenters. The molecule has 2 bridgehead atoms. The Bertz CT molecular complexity index is 776. The van der Waals surface area contributed by atoms with Crippen LogP contribution in [0.4, 0.5) is 0 Å². The van der Waals surface area contributed by atoms with Gasteiger partial charge in [-0.3, -0.25) is 9.69 Å². The molecule has 0 aromatic heterocycles. The summed E-state index contributed by atoms with van der Waals surface area (Å²) >= 11 is 0.